The van der Waals surface area contributed by atoms with Crippen LogP contribution in [0.1, 0.15) is 26.2 Å². The minimum atomic E-state index is -0.730. The van der Waals surface area contributed by atoms with E-state index in [0.717, 1.165) is 19.5 Å². The molecule has 2 unspecified atom stereocenters. The van der Waals surface area contributed by atoms with Gasteiger partial charge in [-0.15, -0.1) is 0 Å². The van der Waals surface area contributed by atoms with Crippen LogP contribution in [0.25, 0.3) is 0 Å². The number of carboxylic acid groups (broad SMARTS) is 1. The standard InChI is InChI=1S/C11H22N2O2/c1-3-13-6-4-5-9(8-13)7-10(12-2)11(14)15/h9-10,12H,3-8H2,1-2H3,(H,14,15). The predicted octanol–water partition coefficient (Wildman–Crippen LogP) is 0.781. The molecule has 1 rings (SSSR count). The fraction of sp³-hybridized carbons (Fsp3) is 0.909. The van der Waals surface area contributed by atoms with Crippen LogP contribution in [-0.2, 0) is 4.79 Å². The molecule has 1 fully saturated rings. The summed E-state index contributed by atoms with van der Waals surface area (Å²) < 4.78 is 0. The molecule has 0 aromatic rings. The van der Waals surface area contributed by atoms with Gasteiger partial charge in [0.25, 0.3) is 0 Å². The van der Waals surface area contributed by atoms with Gasteiger partial charge in [0.1, 0.15) is 6.04 Å². The van der Waals surface area contributed by atoms with Crippen LogP contribution < -0.4 is 5.32 Å². The number of aliphatic carboxylic acids is 1. The highest BCUT2D eigenvalue weighted by atomic mass is 16.4. The molecule has 4 heteroatoms. The number of nitrogens with one attached hydrogen (secondary N) is 1. The third-order valence-corrected chi connectivity index (χ3v) is 3.27. The van der Waals surface area contributed by atoms with E-state index in [9.17, 15) is 4.79 Å². The highest BCUT2D eigenvalue weighted by Crippen LogP contribution is 2.20. The van der Waals surface area contributed by atoms with Crippen LogP contribution in [0.4, 0.5) is 0 Å². The SMILES string of the molecule is CCN1CCCC(CC(NC)C(=O)O)C1. The molecule has 0 aromatic heterocycles. The maximum atomic E-state index is 10.9. The second-order valence-corrected chi connectivity index (χ2v) is 4.32. The molecule has 1 heterocycles. The maximum absolute atomic E-state index is 10.9. The first-order chi connectivity index (χ1) is 7.17. The molecule has 0 aromatic carbocycles. The van der Waals surface area contributed by atoms with Gasteiger partial charge in [-0.05, 0) is 45.3 Å². The number of rotatable bonds is 5. The van der Waals surface area contributed by atoms with Crippen molar-refractivity contribution in [3.05, 3.63) is 0 Å². The van der Waals surface area contributed by atoms with Crippen molar-refractivity contribution in [1.82, 2.24) is 10.2 Å². The van der Waals surface area contributed by atoms with Crippen LogP contribution in [0, 0.1) is 5.92 Å². The first-order valence-electron chi connectivity index (χ1n) is 5.79. The third kappa shape index (κ3) is 3.80. The monoisotopic (exact) mass is 214 g/mol. The molecule has 4 nitrogen and oxygen atoms in total. The van der Waals surface area contributed by atoms with Crippen molar-refractivity contribution in [3.63, 3.8) is 0 Å². The number of hydrogen-bond acceptors (Lipinski definition) is 3. The first kappa shape index (κ1) is 12.5. The van der Waals surface area contributed by atoms with Crippen molar-refractivity contribution in [2.75, 3.05) is 26.7 Å². The van der Waals surface area contributed by atoms with E-state index >= 15 is 0 Å². The Balaban J connectivity index is 2.39. The molecule has 1 aliphatic heterocycles. The molecule has 0 aliphatic carbocycles. The Kier molecular flexibility index (Phi) is 5.05. The largest absolute Gasteiger partial charge is 0.480 e. The minimum absolute atomic E-state index is 0.383. The minimum Gasteiger partial charge on any atom is -0.480 e. The summed E-state index contributed by atoms with van der Waals surface area (Å²) in [6.45, 7) is 5.47. The van der Waals surface area contributed by atoms with Gasteiger partial charge in [-0.2, -0.15) is 0 Å². The van der Waals surface area contributed by atoms with E-state index in [0.29, 0.717) is 5.92 Å². The lowest BCUT2D eigenvalue weighted by Gasteiger charge is -2.32. The average molecular weight is 214 g/mol. The summed E-state index contributed by atoms with van der Waals surface area (Å²) in [6.07, 6.45) is 3.12. The van der Waals surface area contributed by atoms with Gasteiger partial charge in [0, 0.05) is 6.54 Å². The Morgan fingerprint density at radius 1 is 1.67 bits per heavy atom. The zero-order chi connectivity index (χ0) is 11.3. The number of nitrogens with zero attached hydrogens (tertiary/aromatic N) is 1. The summed E-state index contributed by atoms with van der Waals surface area (Å²) in [6, 6.07) is -0.383. The molecule has 15 heavy (non-hydrogen) atoms. The van der Waals surface area contributed by atoms with Crippen LogP contribution in [-0.4, -0.2) is 48.7 Å². The number of piperidine rings is 1. The molecule has 0 spiro atoms. The van der Waals surface area contributed by atoms with E-state index in [4.69, 9.17) is 5.11 Å². The Labute approximate surface area is 91.6 Å². The zero-order valence-corrected chi connectivity index (χ0v) is 9.70. The normalized spacial score (nSPS) is 25.1. The maximum Gasteiger partial charge on any atom is 0.320 e. The summed E-state index contributed by atoms with van der Waals surface area (Å²) in [5.74, 6) is -0.196. The van der Waals surface area contributed by atoms with E-state index in [1.54, 1.807) is 7.05 Å². The quantitative estimate of drug-likeness (QED) is 0.710. The molecule has 1 saturated heterocycles. The van der Waals surface area contributed by atoms with Crippen molar-refractivity contribution in [1.29, 1.82) is 0 Å². The number of carboxylic acids is 1. The number of carbonyl (C=O) groups is 1. The average Bonchev–Trinajstić information content (AvgIpc) is 2.25. The Morgan fingerprint density at radius 3 is 2.93 bits per heavy atom. The van der Waals surface area contributed by atoms with Crippen molar-refractivity contribution >= 4 is 5.97 Å². The predicted molar refractivity (Wildman–Crippen MR) is 59.9 cm³/mol. The van der Waals surface area contributed by atoms with Gasteiger partial charge in [0.2, 0.25) is 0 Å². The molecule has 0 bridgehead atoms. The van der Waals surface area contributed by atoms with E-state index in [1.807, 2.05) is 0 Å². The highest BCUT2D eigenvalue weighted by Gasteiger charge is 2.24. The second kappa shape index (κ2) is 6.08. The number of hydrogen-bond donors (Lipinski definition) is 2. The van der Waals surface area contributed by atoms with E-state index in [-0.39, 0.29) is 6.04 Å². The van der Waals surface area contributed by atoms with E-state index in [1.165, 1.54) is 19.4 Å². The molecule has 2 atom stereocenters. The Bertz CT molecular complexity index is 209. The van der Waals surface area contributed by atoms with Gasteiger partial charge in [-0.25, -0.2) is 0 Å². The van der Waals surface area contributed by atoms with Crippen LogP contribution in [0.2, 0.25) is 0 Å². The molecular weight excluding hydrogens is 192 g/mol. The van der Waals surface area contributed by atoms with Gasteiger partial charge in [0.05, 0.1) is 0 Å². The van der Waals surface area contributed by atoms with Crippen molar-refractivity contribution in [3.8, 4) is 0 Å². The van der Waals surface area contributed by atoms with E-state index in [2.05, 4.69) is 17.1 Å². The number of likely N-dealkylation sites (N-methyl/N-ethyl adjacent to an activating group) is 1. The highest BCUT2D eigenvalue weighted by molar-refractivity contribution is 5.73. The second-order valence-electron chi connectivity index (χ2n) is 4.32. The van der Waals surface area contributed by atoms with Gasteiger partial charge in [-0.3, -0.25) is 4.79 Å². The third-order valence-electron chi connectivity index (χ3n) is 3.27. The lowest BCUT2D eigenvalue weighted by Crippen LogP contribution is -2.41. The molecule has 0 radical (unpaired) electrons. The van der Waals surface area contributed by atoms with Crippen molar-refractivity contribution in [2.45, 2.75) is 32.2 Å². The molecule has 0 amide bonds. The summed E-state index contributed by atoms with van der Waals surface area (Å²) in [5.41, 5.74) is 0. The van der Waals surface area contributed by atoms with Gasteiger partial charge < -0.3 is 15.3 Å². The Morgan fingerprint density at radius 2 is 2.40 bits per heavy atom. The van der Waals surface area contributed by atoms with Crippen molar-refractivity contribution in [2.24, 2.45) is 5.92 Å². The smallest absolute Gasteiger partial charge is 0.320 e. The summed E-state index contributed by atoms with van der Waals surface area (Å²) in [4.78, 5) is 13.3. The fourth-order valence-corrected chi connectivity index (χ4v) is 2.31. The van der Waals surface area contributed by atoms with Gasteiger partial charge in [-0.1, -0.05) is 6.92 Å². The van der Waals surface area contributed by atoms with Gasteiger partial charge in [0.15, 0.2) is 0 Å². The molecule has 88 valence electrons. The first-order valence-corrected chi connectivity index (χ1v) is 5.79. The van der Waals surface area contributed by atoms with Crippen LogP contribution in [0.15, 0.2) is 0 Å². The molecular formula is C11H22N2O2. The van der Waals surface area contributed by atoms with Crippen LogP contribution >= 0.6 is 0 Å². The summed E-state index contributed by atoms with van der Waals surface area (Å²) >= 11 is 0. The van der Waals surface area contributed by atoms with Gasteiger partial charge >= 0.3 is 5.97 Å². The molecule has 1 aliphatic rings. The lowest BCUT2D eigenvalue weighted by molar-refractivity contribution is -0.139. The number of likely N-dealkylation sites (tertiary alicyclic amines) is 1. The lowest BCUT2D eigenvalue weighted by atomic mass is 9.91. The van der Waals surface area contributed by atoms with Crippen LogP contribution in [0.5, 0.6) is 0 Å². The molecule has 2 N–H and O–H groups in total. The van der Waals surface area contributed by atoms with Crippen molar-refractivity contribution < 1.29 is 9.90 Å². The summed E-state index contributed by atoms with van der Waals surface area (Å²) in [7, 11) is 1.72. The Hall–Kier alpha value is -0.610. The van der Waals surface area contributed by atoms with Crippen LogP contribution in [0.3, 0.4) is 0 Å². The fourth-order valence-electron chi connectivity index (χ4n) is 2.31. The topological polar surface area (TPSA) is 52.6 Å². The zero-order valence-electron chi connectivity index (χ0n) is 9.70. The summed E-state index contributed by atoms with van der Waals surface area (Å²) in [5, 5.41) is 11.8. The molecule has 0 saturated carbocycles. The van der Waals surface area contributed by atoms with E-state index < -0.39 is 5.97 Å².